The Labute approximate surface area is 338 Å². The largest absolute Gasteiger partial charge is 0.310 e. The molecule has 0 N–H and O–H groups in total. The van der Waals surface area contributed by atoms with Crippen molar-refractivity contribution in [3.05, 3.63) is 231 Å². The van der Waals surface area contributed by atoms with Gasteiger partial charge in [-0.05, 0) is 122 Å². The fourth-order valence-electron chi connectivity index (χ4n) is 8.81. The molecule has 0 saturated heterocycles. The van der Waals surface area contributed by atoms with Crippen LogP contribution in [0.5, 0.6) is 0 Å². The summed E-state index contributed by atoms with van der Waals surface area (Å²) in [6.07, 6.45) is 0. The highest BCUT2D eigenvalue weighted by Crippen LogP contribution is 2.44. The maximum Gasteiger partial charge on any atom is 0.0547 e. The standard InChI is InChI=1S/C56H38N2/c1-3-14-39(15-4-1)43-19-11-20-44(36-43)41-28-32-48(33-29-41)57(50-34-30-40-16-7-8-18-45(40)37-50)49-24-12-21-46(38-49)52-26-13-27-53-56(52)55-51-25-10-9-17-42(51)31-35-54(55)58(53)47-22-5-2-6-23-47/h1-38H. The van der Waals surface area contributed by atoms with Gasteiger partial charge in [0.05, 0.1) is 11.0 Å². The molecule has 0 saturated carbocycles. The molecule has 0 bridgehead atoms. The third-order valence-corrected chi connectivity index (χ3v) is 11.5. The molecule has 2 nitrogen and oxygen atoms in total. The Morgan fingerprint density at radius 1 is 0.293 bits per heavy atom. The van der Waals surface area contributed by atoms with Gasteiger partial charge in [0.15, 0.2) is 0 Å². The highest BCUT2D eigenvalue weighted by Gasteiger charge is 2.20. The molecule has 0 aliphatic heterocycles. The lowest BCUT2D eigenvalue weighted by Gasteiger charge is -2.26. The summed E-state index contributed by atoms with van der Waals surface area (Å²) in [5, 5.41) is 7.47. The van der Waals surface area contributed by atoms with Crippen LogP contribution in [0.15, 0.2) is 231 Å². The van der Waals surface area contributed by atoms with E-state index in [-0.39, 0.29) is 0 Å². The Morgan fingerprint density at radius 3 is 1.67 bits per heavy atom. The number of fused-ring (bicyclic) bond motifs is 6. The van der Waals surface area contributed by atoms with Crippen molar-refractivity contribution in [1.82, 2.24) is 4.57 Å². The van der Waals surface area contributed by atoms with Crippen LogP contribution in [0, 0.1) is 0 Å². The molecule has 10 aromatic carbocycles. The van der Waals surface area contributed by atoms with Crippen molar-refractivity contribution in [2.45, 2.75) is 0 Å². The van der Waals surface area contributed by atoms with Crippen LogP contribution in [0.1, 0.15) is 0 Å². The summed E-state index contributed by atoms with van der Waals surface area (Å²) in [6, 6.07) is 83.7. The Kier molecular flexibility index (Phi) is 8.19. The Hall–Kier alpha value is -7.68. The summed E-state index contributed by atoms with van der Waals surface area (Å²) in [7, 11) is 0. The molecule has 11 aromatic rings. The van der Waals surface area contributed by atoms with Crippen molar-refractivity contribution < 1.29 is 0 Å². The minimum absolute atomic E-state index is 1.10. The molecule has 0 spiro atoms. The topological polar surface area (TPSA) is 8.17 Å². The maximum atomic E-state index is 2.42. The van der Waals surface area contributed by atoms with E-state index in [4.69, 9.17) is 0 Å². The summed E-state index contributed by atoms with van der Waals surface area (Å²) < 4.78 is 2.42. The summed E-state index contributed by atoms with van der Waals surface area (Å²) in [4.78, 5) is 2.39. The zero-order chi connectivity index (χ0) is 38.4. The minimum atomic E-state index is 1.10. The quantitative estimate of drug-likeness (QED) is 0.158. The fourth-order valence-corrected chi connectivity index (χ4v) is 8.81. The lowest BCUT2D eigenvalue weighted by Crippen LogP contribution is -2.10. The average Bonchev–Trinajstić information content (AvgIpc) is 3.65. The van der Waals surface area contributed by atoms with E-state index >= 15 is 0 Å². The normalized spacial score (nSPS) is 11.4. The van der Waals surface area contributed by atoms with Gasteiger partial charge in [-0.2, -0.15) is 0 Å². The van der Waals surface area contributed by atoms with Crippen LogP contribution in [0.4, 0.5) is 17.1 Å². The molecular formula is C56H38N2. The van der Waals surface area contributed by atoms with Gasteiger partial charge in [-0.15, -0.1) is 0 Å². The van der Waals surface area contributed by atoms with Crippen molar-refractivity contribution in [3.8, 4) is 39.1 Å². The number of aromatic nitrogens is 1. The summed E-state index contributed by atoms with van der Waals surface area (Å²) >= 11 is 0. The molecule has 0 unspecified atom stereocenters. The molecule has 0 aliphatic rings. The molecule has 0 amide bonds. The summed E-state index contributed by atoms with van der Waals surface area (Å²) in [5.41, 5.74) is 14.1. The zero-order valence-corrected chi connectivity index (χ0v) is 31.8. The van der Waals surface area contributed by atoms with Gasteiger partial charge in [-0.25, -0.2) is 0 Å². The van der Waals surface area contributed by atoms with Gasteiger partial charge >= 0.3 is 0 Å². The minimum Gasteiger partial charge on any atom is -0.310 e. The van der Waals surface area contributed by atoms with Gasteiger partial charge in [-0.3, -0.25) is 0 Å². The number of hydrogen-bond acceptors (Lipinski definition) is 1. The molecule has 58 heavy (non-hydrogen) atoms. The third-order valence-electron chi connectivity index (χ3n) is 11.5. The first-order valence-electron chi connectivity index (χ1n) is 19.9. The first-order valence-corrected chi connectivity index (χ1v) is 19.9. The highest BCUT2D eigenvalue weighted by atomic mass is 15.1. The first kappa shape index (κ1) is 33.6. The second-order valence-electron chi connectivity index (χ2n) is 15.0. The number of rotatable bonds is 7. The van der Waals surface area contributed by atoms with Crippen LogP contribution in [0.2, 0.25) is 0 Å². The molecule has 0 aliphatic carbocycles. The number of anilines is 3. The van der Waals surface area contributed by atoms with Crippen molar-refractivity contribution in [2.24, 2.45) is 0 Å². The second-order valence-corrected chi connectivity index (χ2v) is 15.0. The molecule has 11 rings (SSSR count). The lowest BCUT2D eigenvalue weighted by atomic mass is 9.96. The predicted molar refractivity (Wildman–Crippen MR) is 247 cm³/mol. The van der Waals surface area contributed by atoms with Crippen molar-refractivity contribution in [2.75, 3.05) is 4.90 Å². The maximum absolute atomic E-state index is 2.42. The number of hydrogen-bond donors (Lipinski definition) is 0. The molecular weight excluding hydrogens is 701 g/mol. The highest BCUT2D eigenvalue weighted by molar-refractivity contribution is 6.25. The fraction of sp³-hybridized carbons (Fsp3) is 0. The first-order chi connectivity index (χ1) is 28.8. The van der Waals surface area contributed by atoms with E-state index in [1.807, 2.05) is 0 Å². The van der Waals surface area contributed by atoms with Gasteiger partial charge in [0.1, 0.15) is 0 Å². The Balaban J connectivity index is 1.08. The van der Waals surface area contributed by atoms with E-state index < -0.39 is 0 Å². The van der Waals surface area contributed by atoms with E-state index in [0.717, 1.165) is 22.7 Å². The lowest BCUT2D eigenvalue weighted by molar-refractivity contribution is 1.18. The molecule has 0 fully saturated rings. The predicted octanol–water partition coefficient (Wildman–Crippen LogP) is 15.6. The third kappa shape index (κ3) is 5.82. The van der Waals surface area contributed by atoms with Crippen LogP contribution in [0.25, 0.3) is 82.4 Å². The van der Waals surface area contributed by atoms with E-state index in [9.17, 15) is 0 Å². The smallest absolute Gasteiger partial charge is 0.0547 e. The summed E-state index contributed by atoms with van der Waals surface area (Å²) in [6.45, 7) is 0. The monoisotopic (exact) mass is 738 g/mol. The number of nitrogens with zero attached hydrogens (tertiary/aromatic N) is 2. The van der Waals surface area contributed by atoms with Crippen LogP contribution < -0.4 is 4.90 Å². The van der Waals surface area contributed by atoms with E-state index in [2.05, 4.69) is 240 Å². The van der Waals surface area contributed by atoms with Crippen LogP contribution in [-0.4, -0.2) is 4.57 Å². The Bertz CT molecular complexity index is 3270. The van der Waals surface area contributed by atoms with E-state index in [0.29, 0.717) is 0 Å². The number of para-hydroxylation sites is 1. The van der Waals surface area contributed by atoms with E-state index in [1.165, 1.54) is 76.7 Å². The van der Waals surface area contributed by atoms with Crippen LogP contribution in [-0.2, 0) is 0 Å². The molecule has 1 heterocycles. The van der Waals surface area contributed by atoms with Gasteiger partial charge in [0.25, 0.3) is 0 Å². The molecule has 272 valence electrons. The summed E-state index contributed by atoms with van der Waals surface area (Å²) in [5.74, 6) is 0. The van der Waals surface area contributed by atoms with E-state index in [1.54, 1.807) is 0 Å². The zero-order valence-electron chi connectivity index (χ0n) is 31.8. The van der Waals surface area contributed by atoms with Crippen molar-refractivity contribution in [3.63, 3.8) is 0 Å². The second kappa shape index (κ2) is 14.1. The van der Waals surface area contributed by atoms with Gasteiger partial charge < -0.3 is 9.47 Å². The Morgan fingerprint density at radius 2 is 0.862 bits per heavy atom. The van der Waals surface area contributed by atoms with Gasteiger partial charge in [-0.1, -0.05) is 164 Å². The molecule has 1 aromatic heterocycles. The average molecular weight is 739 g/mol. The van der Waals surface area contributed by atoms with Crippen LogP contribution in [0.3, 0.4) is 0 Å². The van der Waals surface area contributed by atoms with Gasteiger partial charge in [0, 0.05) is 33.5 Å². The van der Waals surface area contributed by atoms with Crippen molar-refractivity contribution in [1.29, 1.82) is 0 Å². The SMILES string of the molecule is c1ccc(-c2cccc(-c3ccc(N(c4cccc(-c5cccc6c5c5c7ccccc7ccc5n6-c5ccccc5)c4)c4ccc5ccccc5c4)cc3)c2)cc1. The van der Waals surface area contributed by atoms with Crippen LogP contribution >= 0.6 is 0 Å². The molecule has 2 heteroatoms. The van der Waals surface area contributed by atoms with Gasteiger partial charge in [0.2, 0.25) is 0 Å². The molecule has 0 radical (unpaired) electrons. The molecule has 0 atom stereocenters. The van der Waals surface area contributed by atoms with Crippen molar-refractivity contribution >= 4 is 60.4 Å². The number of benzene rings is 10.